The monoisotopic (exact) mass is 337 g/mol. The molecule has 0 heterocycles. The Balaban J connectivity index is 0.00000841. The smallest absolute Gasteiger partial charge is 0.0915 e. The Bertz CT molecular complexity index is 712. The zero-order valence-electron chi connectivity index (χ0n) is 20.6. The van der Waals surface area contributed by atoms with E-state index in [0.717, 1.165) is 0 Å². The number of anilines is 1. The SMILES string of the molecule is Cl.[2H]C([2H])([2H])C([2H])([2H])C(NCC(O)c1cc(Cl)c(N)c(Cl)c1)(C([2H])([2H])[2H])C([2H])([2H])[2H]. The van der Waals surface area contributed by atoms with Crippen LogP contribution in [0.1, 0.15) is 53.7 Å². The molecule has 1 rings (SSSR count). The zero-order valence-corrected chi connectivity index (χ0v) is 12.0. The second-order valence-electron chi connectivity index (χ2n) is 3.67. The van der Waals surface area contributed by atoms with Gasteiger partial charge in [0.15, 0.2) is 0 Å². The molecule has 1 atom stereocenters. The number of hydrogen-bond acceptors (Lipinski definition) is 3. The molecule has 0 amide bonds. The normalized spacial score (nSPS) is 24.3. The number of aliphatic hydroxyl groups excluding tert-OH is 1. The summed E-state index contributed by atoms with van der Waals surface area (Å²) in [5, 5.41) is 12.3. The summed E-state index contributed by atoms with van der Waals surface area (Å²) in [5.41, 5.74) is 2.12. The van der Waals surface area contributed by atoms with E-state index in [0.29, 0.717) is 0 Å². The van der Waals surface area contributed by atoms with E-state index in [1.54, 1.807) is 0 Å². The first kappa shape index (κ1) is 7.19. The molecule has 19 heavy (non-hydrogen) atoms. The van der Waals surface area contributed by atoms with Gasteiger partial charge in [-0.25, -0.2) is 0 Å². The van der Waals surface area contributed by atoms with Gasteiger partial charge in [0.25, 0.3) is 0 Å². The van der Waals surface area contributed by atoms with Crippen molar-refractivity contribution in [3.63, 3.8) is 0 Å². The molecule has 6 heteroatoms. The van der Waals surface area contributed by atoms with E-state index in [4.69, 9.17) is 44.0 Å². The van der Waals surface area contributed by atoms with E-state index in [-0.39, 0.29) is 33.7 Å². The highest BCUT2D eigenvalue weighted by Crippen LogP contribution is 2.31. The molecule has 3 nitrogen and oxygen atoms in total. The summed E-state index contributed by atoms with van der Waals surface area (Å²) in [6.07, 6.45) is -5.34. The Kier molecular flexibility index (Phi) is 2.86. The topological polar surface area (TPSA) is 58.3 Å². The van der Waals surface area contributed by atoms with E-state index in [9.17, 15) is 5.11 Å². The van der Waals surface area contributed by atoms with E-state index < -0.39 is 45.1 Å². The van der Waals surface area contributed by atoms with Crippen LogP contribution in [0.25, 0.3) is 0 Å². The van der Waals surface area contributed by atoms with Gasteiger partial charge in [0.05, 0.1) is 21.8 Å². The van der Waals surface area contributed by atoms with E-state index in [2.05, 4.69) is 0 Å². The molecular formula is C13H21Cl3N2O. The molecule has 1 aromatic rings. The molecule has 110 valence electrons. The van der Waals surface area contributed by atoms with Crippen LogP contribution in [0.15, 0.2) is 12.1 Å². The van der Waals surface area contributed by atoms with Gasteiger partial charge in [-0.15, -0.1) is 12.4 Å². The summed E-state index contributed by atoms with van der Waals surface area (Å²) < 4.78 is 83.9. The summed E-state index contributed by atoms with van der Waals surface area (Å²) >= 11 is 11.8. The Morgan fingerprint density at radius 2 is 2.05 bits per heavy atom. The van der Waals surface area contributed by atoms with Crippen molar-refractivity contribution in [1.82, 2.24) is 5.32 Å². The lowest BCUT2D eigenvalue weighted by atomic mass is 10.0. The fourth-order valence-corrected chi connectivity index (χ4v) is 1.71. The van der Waals surface area contributed by atoms with Crippen molar-refractivity contribution in [3.8, 4) is 0 Å². The lowest BCUT2D eigenvalue weighted by Gasteiger charge is -2.26. The summed E-state index contributed by atoms with van der Waals surface area (Å²) in [7, 11) is 0. The Morgan fingerprint density at radius 3 is 2.53 bits per heavy atom. The van der Waals surface area contributed by atoms with E-state index >= 15 is 0 Å². The third-order valence-electron chi connectivity index (χ3n) is 2.23. The van der Waals surface area contributed by atoms with Gasteiger partial charge in [0, 0.05) is 27.2 Å². The molecule has 0 saturated carbocycles. The largest absolute Gasteiger partial charge is 0.396 e. The molecule has 0 aliphatic heterocycles. The maximum absolute atomic E-state index is 10.4. The van der Waals surface area contributed by atoms with Crippen molar-refractivity contribution in [2.75, 3.05) is 12.3 Å². The Hall–Kier alpha value is -0.190. The number of rotatable bonds is 5. The second-order valence-corrected chi connectivity index (χ2v) is 4.48. The van der Waals surface area contributed by atoms with Gasteiger partial charge in [0.2, 0.25) is 0 Å². The lowest BCUT2D eigenvalue weighted by molar-refractivity contribution is 0.160. The first-order valence-corrected chi connectivity index (χ1v) is 5.64. The minimum atomic E-state index is -3.73. The summed E-state index contributed by atoms with van der Waals surface area (Å²) in [4.78, 5) is 0. The van der Waals surface area contributed by atoms with Crippen molar-refractivity contribution in [1.29, 1.82) is 0 Å². The summed E-state index contributed by atoms with van der Waals surface area (Å²) in [6, 6.07) is 2.42. The van der Waals surface area contributed by atoms with Crippen molar-refractivity contribution >= 4 is 41.3 Å². The number of nitrogens with two attached hydrogens (primary N) is 1. The van der Waals surface area contributed by atoms with Gasteiger partial charge >= 0.3 is 0 Å². The number of aliphatic hydroxyl groups is 1. The van der Waals surface area contributed by atoms with Crippen LogP contribution in [0.5, 0.6) is 0 Å². The molecule has 0 aliphatic carbocycles. The van der Waals surface area contributed by atoms with Crippen molar-refractivity contribution in [2.24, 2.45) is 0 Å². The molecule has 0 bridgehead atoms. The first-order chi connectivity index (χ1) is 12.7. The predicted octanol–water partition coefficient (Wildman–Crippen LogP) is 3.81. The molecular weight excluding hydrogens is 307 g/mol. The lowest BCUT2D eigenvalue weighted by Crippen LogP contribution is -2.40. The van der Waals surface area contributed by atoms with Crippen LogP contribution < -0.4 is 11.1 Å². The fourth-order valence-electron chi connectivity index (χ4n) is 1.21. The molecule has 0 radical (unpaired) electrons. The zero-order chi connectivity index (χ0) is 23.2. The number of hydrogen-bond donors (Lipinski definition) is 3. The quantitative estimate of drug-likeness (QED) is 0.716. The Labute approximate surface area is 146 Å². The Morgan fingerprint density at radius 1 is 1.47 bits per heavy atom. The molecule has 0 aromatic heterocycles. The average molecular weight is 339 g/mol. The van der Waals surface area contributed by atoms with Crippen LogP contribution in [-0.4, -0.2) is 17.2 Å². The highest BCUT2D eigenvalue weighted by molar-refractivity contribution is 6.38. The van der Waals surface area contributed by atoms with Gasteiger partial charge in [-0.05, 0) is 37.8 Å². The van der Waals surface area contributed by atoms with Crippen LogP contribution >= 0.6 is 35.6 Å². The average Bonchev–Trinajstić information content (AvgIpc) is 2.48. The third kappa shape index (κ3) is 5.36. The molecule has 0 fully saturated rings. The maximum Gasteiger partial charge on any atom is 0.0915 e. The minimum Gasteiger partial charge on any atom is -0.396 e. The summed E-state index contributed by atoms with van der Waals surface area (Å²) in [6.45, 7) is -11.7. The molecule has 4 N–H and O–H groups in total. The third-order valence-corrected chi connectivity index (χ3v) is 2.86. The van der Waals surface area contributed by atoms with Gasteiger partial charge in [-0.3, -0.25) is 0 Å². The van der Waals surface area contributed by atoms with Crippen LogP contribution in [0, 0.1) is 0 Å². The van der Waals surface area contributed by atoms with Gasteiger partial charge in [0.1, 0.15) is 0 Å². The highest BCUT2D eigenvalue weighted by atomic mass is 35.5. The highest BCUT2D eigenvalue weighted by Gasteiger charge is 2.18. The summed E-state index contributed by atoms with van der Waals surface area (Å²) in [5.74, 6) is 0. The standard InChI is InChI=1S/C13H20Cl2N2O.ClH/c1-4-13(2,3)17-7-11(18)8-5-9(14)12(16)10(15)6-8;/h5-6,11,17-18H,4,7,16H2,1-3H3;1H/i1D3,2D3,3D3,4D2;. The number of β-amino-alcohol motifs (C(OH)–C–C–N with tert-alkyl or cyclic N) is 1. The van der Waals surface area contributed by atoms with Crippen molar-refractivity contribution in [3.05, 3.63) is 27.7 Å². The number of halogens is 3. The second kappa shape index (κ2) is 7.55. The van der Waals surface area contributed by atoms with Crippen molar-refractivity contribution < 1.29 is 20.2 Å². The van der Waals surface area contributed by atoms with Gasteiger partial charge < -0.3 is 16.2 Å². The van der Waals surface area contributed by atoms with Crippen LogP contribution in [0.3, 0.4) is 0 Å². The predicted molar refractivity (Wildman–Crippen MR) is 85.5 cm³/mol. The van der Waals surface area contributed by atoms with Crippen LogP contribution in [0.4, 0.5) is 5.69 Å². The number of nitrogens with one attached hydrogen (secondary N) is 1. The van der Waals surface area contributed by atoms with Gasteiger partial charge in [-0.1, -0.05) is 30.1 Å². The number of nitrogen functional groups attached to an aromatic ring is 1. The van der Waals surface area contributed by atoms with Gasteiger partial charge in [-0.2, -0.15) is 0 Å². The fraction of sp³-hybridized carbons (Fsp3) is 0.538. The molecule has 0 spiro atoms. The van der Waals surface area contributed by atoms with Crippen molar-refractivity contribution in [2.45, 2.75) is 38.6 Å². The van der Waals surface area contributed by atoms with Crippen LogP contribution in [0.2, 0.25) is 10.0 Å². The number of benzene rings is 1. The molecule has 1 aromatic carbocycles. The minimum absolute atomic E-state index is 0. The first-order valence-electron chi connectivity index (χ1n) is 10.4. The van der Waals surface area contributed by atoms with Crippen LogP contribution in [-0.2, 0) is 0 Å². The van der Waals surface area contributed by atoms with E-state index in [1.807, 2.05) is 5.32 Å². The molecule has 0 saturated heterocycles. The molecule has 1 unspecified atom stereocenters. The maximum atomic E-state index is 10.4. The van der Waals surface area contributed by atoms with E-state index in [1.165, 1.54) is 12.1 Å². The molecule has 0 aliphatic rings.